The van der Waals surface area contributed by atoms with Gasteiger partial charge in [0.05, 0.1) is 6.04 Å². The first-order valence-corrected chi connectivity index (χ1v) is 4.11. The highest BCUT2D eigenvalue weighted by molar-refractivity contribution is 4.92. The molecule has 1 fully saturated rings. The molecule has 1 saturated heterocycles. The van der Waals surface area contributed by atoms with Crippen LogP contribution in [0.1, 0.15) is 0 Å². The first-order chi connectivity index (χ1) is 6.11. The highest BCUT2D eigenvalue weighted by Crippen LogP contribution is 2.19. The molecule has 0 aromatic rings. The van der Waals surface area contributed by atoms with Crippen molar-refractivity contribution in [3.63, 3.8) is 0 Å². The third kappa shape index (κ3) is 1.98. The Morgan fingerprint density at radius 3 is 2.54 bits per heavy atom. The van der Waals surface area contributed by atoms with Crippen LogP contribution >= 0.6 is 0 Å². The van der Waals surface area contributed by atoms with Crippen LogP contribution in [0.5, 0.6) is 0 Å². The minimum Gasteiger partial charge on any atom is -0.388 e. The molecule has 6 heteroatoms. The Morgan fingerprint density at radius 1 is 1.46 bits per heavy atom. The van der Waals surface area contributed by atoms with Crippen LogP contribution in [-0.2, 0) is 9.47 Å². The molecule has 1 aliphatic rings. The van der Waals surface area contributed by atoms with Crippen LogP contribution in [0, 0.1) is 0 Å². The molecule has 6 N–H and O–H groups in total. The van der Waals surface area contributed by atoms with Gasteiger partial charge in [-0.1, -0.05) is 0 Å². The van der Waals surface area contributed by atoms with Crippen molar-refractivity contribution < 1.29 is 19.7 Å². The molecule has 78 valence electrons. The van der Waals surface area contributed by atoms with E-state index in [4.69, 9.17) is 20.9 Å². The summed E-state index contributed by atoms with van der Waals surface area (Å²) in [5.74, 6) is 0. The lowest BCUT2D eigenvalue weighted by atomic mass is 9.97. The SMILES string of the molecule is CO[C@@H]1C(CN)OC(O)[C@@H](N)[C@H]1O. The fraction of sp³-hybridized carbons (Fsp3) is 1.00. The van der Waals surface area contributed by atoms with E-state index in [-0.39, 0.29) is 6.54 Å². The lowest BCUT2D eigenvalue weighted by molar-refractivity contribution is -0.244. The van der Waals surface area contributed by atoms with Crippen LogP contribution in [-0.4, -0.2) is 54.5 Å². The van der Waals surface area contributed by atoms with E-state index in [1.807, 2.05) is 0 Å². The lowest BCUT2D eigenvalue weighted by Crippen LogP contribution is -2.63. The van der Waals surface area contributed by atoms with E-state index in [2.05, 4.69) is 0 Å². The summed E-state index contributed by atoms with van der Waals surface area (Å²) in [4.78, 5) is 0. The zero-order valence-electron chi connectivity index (χ0n) is 7.46. The van der Waals surface area contributed by atoms with Crippen molar-refractivity contribution in [3.8, 4) is 0 Å². The molecular formula is C7H16N2O4. The molecule has 0 aliphatic carbocycles. The number of hydrogen-bond donors (Lipinski definition) is 4. The zero-order valence-corrected chi connectivity index (χ0v) is 7.46. The Labute approximate surface area is 76.4 Å². The average molecular weight is 192 g/mol. The number of methoxy groups -OCH3 is 1. The van der Waals surface area contributed by atoms with Crippen LogP contribution in [0.3, 0.4) is 0 Å². The van der Waals surface area contributed by atoms with E-state index >= 15 is 0 Å². The van der Waals surface area contributed by atoms with Gasteiger partial charge < -0.3 is 31.2 Å². The number of nitrogens with two attached hydrogens (primary N) is 2. The van der Waals surface area contributed by atoms with Crippen molar-refractivity contribution in [3.05, 3.63) is 0 Å². The van der Waals surface area contributed by atoms with Gasteiger partial charge in [-0.05, 0) is 0 Å². The standard InChI is InChI=1S/C7H16N2O4/c1-12-6-3(2-8)13-7(11)4(9)5(6)10/h3-7,10-11H,2,8-9H2,1H3/t3?,4-,5+,6+,7?/m0/s1. The van der Waals surface area contributed by atoms with Gasteiger partial charge in [0, 0.05) is 13.7 Å². The van der Waals surface area contributed by atoms with E-state index in [1.165, 1.54) is 7.11 Å². The number of aliphatic hydroxyl groups is 2. The summed E-state index contributed by atoms with van der Waals surface area (Å²) < 4.78 is 10.0. The fourth-order valence-corrected chi connectivity index (χ4v) is 1.44. The van der Waals surface area contributed by atoms with E-state index in [1.54, 1.807) is 0 Å². The molecule has 0 radical (unpaired) electrons. The number of aliphatic hydroxyl groups excluding tert-OH is 2. The number of ether oxygens (including phenoxy) is 2. The van der Waals surface area contributed by atoms with E-state index < -0.39 is 30.6 Å². The maximum Gasteiger partial charge on any atom is 0.172 e. The summed E-state index contributed by atoms with van der Waals surface area (Å²) in [7, 11) is 1.43. The van der Waals surface area contributed by atoms with E-state index in [0.29, 0.717) is 0 Å². The normalized spacial score (nSPS) is 46.4. The molecule has 0 aromatic heterocycles. The Balaban J connectivity index is 2.69. The van der Waals surface area contributed by atoms with Crippen molar-refractivity contribution in [1.29, 1.82) is 0 Å². The molecule has 0 amide bonds. The second-order valence-electron chi connectivity index (χ2n) is 3.07. The number of hydrogen-bond acceptors (Lipinski definition) is 6. The molecule has 13 heavy (non-hydrogen) atoms. The van der Waals surface area contributed by atoms with Gasteiger partial charge in [0.15, 0.2) is 6.29 Å². The lowest BCUT2D eigenvalue weighted by Gasteiger charge is -2.40. The molecule has 0 bridgehead atoms. The first kappa shape index (κ1) is 10.8. The molecular weight excluding hydrogens is 176 g/mol. The highest BCUT2D eigenvalue weighted by atomic mass is 16.6. The van der Waals surface area contributed by atoms with Gasteiger partial charge in [0.25, 0.3) is 0 Å². The van der Waals surface area contributed by atoms with Crippen LogP contribution in [0.15, 0.2) is 0 Å². The van der Waals surface area contributed by atoms with Gasteiger partial charge in [-0.25, -0.2) is 0 Å². The van der Waals surface area contributed by atoms with Gasteiger partial charge in [-0.2, -0.15) is 0 Å². The van der Waals surface area contributed by atoms with Crippen molar-refractivity contribution in [2.75, 3.05) is 13.7 Å². The molecule has 1 heterocycles. The Morgan fingerprint density at radius 2 is 2.08 bits per heavy atom. The van der Waals surface area contributed by atoms with Crippen molar-refractivity contribution in [2.24, 2.45) is 11.5 Å². The monoisotopic (exact) mass is 192 g/mol. The average Bonchev–Trinajstić information content (AvgIpc) is 2.13. The van der Waals surface area contributed by atoms with Gasteiger partial charge in [0.1, 0.15) is 18.3 Å². The zero-order chi connectivity index (χ0) is 10.0. The maximum absolute atomic E-state index is 9.56. The first-order valence-electron chi connectivity index (χ1n) is 4.11. The molecule has 1 rings (SSSR count). The van der Waals surface area contributed by atoms with Gasteiger partial charge in [-0.15, -0.1) is 0 Å². The molecule has 0 aromatic carbocycles. The molecule has 0 saturated carbocycles. The van der Waals surface area contributed by atoms with Gasteiger partial charge >= 0.3 is 0 Å². The summed E-state index contributed by atoms with van der Waals surface area (Å²) in [6.07, 6.45) is -3.24. The van der Waals surface area contributed by atoms with Crippen LogP contribution in [0.25, 0.3) is 0 Å². The van der Waals surface area contributed by atoms with Crippen molar-refractivity contribution in [1.82, 2.24) is 0 Å². The van der Waals surface area contributed by atoms with Crippen LogP contribution in [0.2, 0.25) is 0 Å². The topological polar surface area (TPSA) is 111 Å². The molecule has 5 atom stereocenters. The van der Waals surface area contributed by atoms with E-state index in [0.717, 1.165) is 0 Å². The Hall–Kier alpha value is -0.240. The predicted octanol–water partition coefficient (Wildman–Crippen LogP) is -2.63. The fourth-order valence-electron chi connectivity index (χ4n) is 1.44. The van der Waals surface area contributed by atoms with Crippen LogP contribution < -0.4 is 11.5 Å². The highest BCUT2D eigenvalue weighted by Gasteiger charge is 2.42. The number of rotatable bonds is 2. The third-order valence-electron chi connectivity index (χ3n) is 2.25. The minimum atomic E-state index is -1.19. The smallest absolute Gasteiger partial charge is 0.172 e. The summed E-state index contributed by atoms with van der Waals surface area (Å²) in [6.45, 7) is 0.166. The van der Waals surface area contributed by atoms with Gasteiger partial charge in [-0.3, -0.25) is 0 Å². The van der Waals surface area contributed by atoms with Crippen molar-refractivity contribution in [2.45, 2.75) is 30.6 Å². The van der Waals surface area contributed by atoms with Crippen LogP contribution in [0.4, 0.5) is 0 Å². The largest absolute Gasteiger partial charge is 0.388 e. The summed E-state index contributed by atoms with van der Waals surface area (Å²) >= 11 is 0. The molecule has 6 nitrogen and oxygen atoms in total. The van der Waals surface area contributed by atoms with Crippen molar-refractivity contribution >= 4 is 0 Å². The third-order valence-corrected chi connectivity index (χ3v) is 2.25. The van der Waals surface area contributed by atoms with Gasteiger partial charge in [0.2, 0.25) is 0 Å². The van der Waals surface area contributed by atoms with E-state index in [9.17, 15) is 10.2 Å². The molecule has 0 spiro atoms. The maximum atomic E-state index is 9.56. The minimum absolute atomic E-state index is 0.166. The quantitative estimate of drug-likeness (QED) is 0.381. The molecule has 2 unspecified atom stereocenters. The molecule has 1 aliphatic heterocycles. The summed E-state index contributed by atoms with van der Waals surface area (Å²) in [6, 6.07) is -0.854. The Kier molecular flexibility index (Phi) is 3.60. The summed E-state index contributed by atoms with van der Waals surface area (Å²) in [5, 5.41) is 18.8. The predicted molar refractivity (Wildman–Crippen MR) is 44.7 cm³/mol. The second-order valence-corrected chi connectivity index (χ2v) is 3.07. The second kappa shape index (κ2) is 4.32. The Bertz CT molecular complexity index is 167. The summed E-state index contributed by atoms with van der Waals surface area (Å²) in [5.41, 5.74) is 10.8.